The van der Waals surface area contributed by atoms with E-state index in [-0.39, 0.29) is 10.2 Å². The number of benzene rings is 1. The molecule has 0 fully saturated rings. The van der Waals surface area contributed by atoms with Crippen LogP contribution in [0.15, 0.2) is 22.7 Å². The van der Waals surface area contributed by atoms with Crippen molar-refractivity contribution in [2.24, 2.45) is 5.73 Å². The number of rotatable bonds is 8. The fourth-order valence-electron chi connectivity index (χ4n) is 1.57. The third-order valence-electron chi connectivity index (χ3n) is 2.50. The summed E-state index contributed by atoms with van der Waals surface area (Å²) in [6.07, 6.45) is -0.739. The standard InChI is InChI=1S/C13H17BrF3NO2/c14-11-9-10(19-8-4-2-1-3-7-18)5-6-12(11)20-13(15,16)17/h5-6,9H,1-4,7-8,18H2. The first-order chi connectivity index (χ1) is 9.42. The lowest BCUT2D eigenvalue weighted by molar-refractivity contribution is -0.274. The van der Waals surface area contributed by atoms with Crippen LogP contribution in [0, 0.1) is 0 Å². The topological polar surface area (TPSA) is 44.5 Å². The summed E-state index contributed by atoms with van der Waals surface area (Å²) in [7, 11) is 0. The molecular formula is C13H17BrF3NO2. The van der Waals surface area contributed by atoms with Gasteiger partial charge in [-0.1, -0.05) is 12.8 Å². The Bertz CT molecular complexity index is 413. The number of ether oxygens (including phenoxy) is 2. The van der Waals surface area contributed by atoms with Gasteiger partial charge in [0.25, 0.3) is 0 Å². The van der Waals surface area contributed by atoms with Crippen molar-refractivity contribution in [3.8, 4) is 11.5 Å². The molecule has 0 bridgehead atoms. The van der Waals surface area contributed by atoms with Crippen LogP contribution in [-0.2, 0) is 0 Å². The fourth-order valence-corrected chi connectivity index (χ4v) is 2.01. The summed E-state index contributed by atoms with van der Waals surface area (Å²) in [4.78, 5) is 0. The second kappa shape index (κ2) is 8.36. The quantitative estimate of drug-likeness (QED) is 0.709. The number of alkyl halides is 3. The Labute approximate surface area is 124 Å². The first-order valence-electron chi connectivity index (χ1n) is 6.30. The normalized spacial score (nSPS) is 11.4. The van der Waals surface area contributed by atoms with Gasteiger partial charge in [-0.2, -0.15) is 0 Å². The van der Waals surface area contributed by atoms with Crippen molar-refractivity contribution in [1.82, 2.24) is 0 Å². The van der Waals surface area contributed by atoms with Crippen LogP contribution in [0.25, 0.3) is 0 Å². The molecule has 0 amide bonds. The monoisotopic (exact) mass is 355 g/mol. The summed E-state index contributed by atoms with van der Waals surface area (Å²) >= 11 is 3.02. The molecule has 0 aliphatic rings. The lowest BCUT2D eigenvalue weighted by atomic mass is 10.2. The van der Waals surface area contributed by atoms with E-state index in [1.54, 1.807) is 0 Å². The van der Waals surface area contributed by atoms with Gasteiger partial charge in [0.05, 0.1) is 11.1 Å². The van der Waals surface area contributed by atoms with Crippen LogP contribution in [0.2, 0.25) is 0 Å². The number of hydrogen-bond acceptors (Lipinski definition) is 3. The van der Waals surface area contributed by atoms with E-state index in [9.17, 15) is 13.2 Å². The predicted molar refractivity (Wildman–Crippen MR) is 73.8 cm³/mol. The van der Waals surface area contributed by atoms with Crippen molar-refractivity contribution in [3.63, 3.8) is 0 Å². The smallest absolute Gasteiger partial charge is 0.494 e. The molecule has 3 nitrogen and oxygen atoms in total. The van der Waals surface area contributed by atoms with E-state index in [1.165, 1.54) is 18.2 Å². The van der Waals surface area contributed by atoms with Crippen molar-refractivity contribution in [3.05, 3.63) is 22.7 Å². The van der Waals surface area contributed by atoms with E-state index in [0.717, 1.165) is 25.7 Å². The van der Waals surface area contributed by atoms with Gasteiger partial charge in [-0.15, -0.1) is 13.2 Å². The molecule has 114 valence electrons. The lowest BCUT2D eigenvalue weighted by Crippen LogP contribution is -2.17. The summed E-state index contributed by atoms with van der Waals surface area (Å²) < 4.78 is 45.8. The molecular weight excluding hydrogens is 339 g/mol. The average molecular weight is 356 g/mol. The van der Waals surface area contributed by atoms with Gasteiger partial charge < -0.3 is 15.2 Å². The molecule has 1 aromatic rings. The largest absolute Gasteiger partial charge is 0.573 e. The SMILES string of the molecule is NCCCCCCOc1ccc(OC(F)(F)F)c(Br)c1. The van der Waals surface area contributed by atoms with Gasteiger partial charge in [-0.05, 0) is 53.5 Å². The maximum atomic E-state index is 12.1. The van der Waals surface area contributed by atoms with Crippen LogP contribution in [0.3, 0.4) is 0 Å². The minimum Gasteiger partial charge on any atom is -0.494 e. The molecule has 1 rings (SSSR count). The van der Waals surface area contributed by atoms with E-state index in [2.05, 4.69) is 20.7 Å². The molecule has 7 heteroatoms. The zero-order valence-electron chi connectivity index (χ0n) is 10.9. The molecule has 0 spiro atoms. The van der Waals surface area contributed by atoms with Crippen LogP contribution >= 0.6 is 15.9 Å². The molecule has 0 aliphatic heterocycles. The van der Waals surface area contributed by atoms with Crippen molar-refractivity contribution in [2.45, 2.75) is 32.0 Å². The highest BCUT2D eigenvalue weighted by Crippen LogP contribution is 2.33. The second-order valence-corrected chi connectivity index (χ2v) is 5.05. The van der Waals surface area contributed by atoms with Crippen LogP contribution in [0.5, 0.6) is 11.5 Å². The third-order valence-corrected chi connectivity index (χ3v) is 3.12. The molecule has 0 heterocycles. The van der Waals surface area contributed by atoms with Gasteiger partial charge in [-0.3, -0.25) is 0 Å². The molecule has 0 unspecified atom stereocenters. The van der Waals surface area contributed by atoms with Crippen molar-refractivity contribution < 1.29 is 22.6 Å². The van der Waals surface area contributed by atoms with Crippen molar-refractivity contribution in [2.75, 3.05) is 13.2 Å². The first kappa shape index (κ1) is 17.1. The number of unbranched alkanes of at least 4 members (excludes halogenated alkanes) is 3. The highest BCUT2D eigenvalue weighted by atomic mass is 79.9. The summed E-state index contributed by atoms with van der Waals surface area (Å²) in [6.45, 7) is 1.21. The highest BCUT2D eigenvalue weighted by Gasteiger charge is 2.31. The summed E-state index contributed by atoms with van der Waals surface area (Å²) in [5.74, 6) is 0.220. The lowest BCUT2D eigenvalue weighted by Gasteiger charge is -2.12. The maximum Gasteiger partial charge on any atom is 0.573 e. The van der Waals surface area contributed by atoms with Crippen molar-refractivity contribution in [1.29, 1.82) is 0 Å². The average Bonchev–Trinajstić information content (AvgIpc) is 2.35. The van der Waals surface area contributed by atoms with Crippen LogP contribution in [0.1, 0.15) is 25.7 Å². The van der Waals surface area contributed by atoms with E-state index in [4.69, 9.17) is 10.5 Å². The molecule has 1 aromatic carbocycles. The van der Waals surface area contributed by atoms with Crippen LogP contribution < -0.4 is 15.2 Å². The highest BCUT2D eigenvalue weighted by molar-refractivity contribution is 9.10. The molecule has 0 saturated carbocycles. The number of hydrogen-bond donors (Lipinski definition) is 1. The molecule has 0 aliphatic carbocycles. The Kier molecular flexibility index (Phi) is 7.15. The molecule has 0 radical (unpaired) electrons. The van der Waals surface area contributed by atoms with Gasteiger partial charge in [0.2, 0.25) is 0 Å². The Balaban J connectivity index is 2.39. The van der Waals surface area contributed by atoms with E-state index in [1.807, 2.05) is 0 Å². The zero-order valence-corrected chi connectivity index (χ0v) is 12.5. The molecule has 0 atom stereocenters. The summed E-state index contributed by atoms with van der Waals surface area (Å²) in [5, 5.41) is 0. The molecule has 0 aromatic heterocycles. The minimum atomic E-state index is -4.70. The van der Waals surface area contributed by atoms with Crippen LogP contribution in [-0.4, -0.2) is 19.5 Å². The van der Waals surface area contributed by atoms with Gasteiger partial charge in [0.1, 0.15) is 11.5 Å². The Morgan fingerprint density at radius 2 is 1.80 bits per heavy atom. The Hall–Kier alpha value is -0.950. The predicted octanol–water partition coefficient (Wildman–Crippen LogP) is 4.25. The number of halogens is 4. The van der Waals surface area contributed by atoms with E-state index < -0.39 is 6.36 Å². The molecule has 2 N–H and O–H groups in total. The Morgan fingerprint density at radius 1 is 1.10 bits per heavy atom. The minimum absolute atomic E-state index is 0.204. The Morgan fingerprint density at radius 3 is 2.40 bits per heavy atom. The molecule has 20 heavy (non-hydrogen) atoms. The van der Waals surface area contributed by atoms with Crippen molar-refractivity contribution >= 4 is 15.9 Å². The zero-order chi connectivity index (χ0) is 15.0. The van der Waals surface area contributed by atoms with Gasteiger partial charge >= 0.3 is 6.36 Å². The van der Waals surface area contributed by atoms with Gasteiger partial charge in [-0.25, -0.2) is 0 Å². The third kappa shape index (κ3) is 7.00. The summed E-state index contributed by atoms with van der Waals surface area (Å²) in [5.41, 5.74) is 5.38. The summed E-state index contributed by atoms with van der Waals surface area (Å²) in [6, 6.07) is 4.13. The first-order valence-corrected chi connectivity index (χ1v) is 7.10. The van der Waals surface area contributed by atoms with Gasteiger partial charge in [0, 0.05) is 0 Å². The number of nitrogens with two attached hydrogens (primary N) is 1. The second-order valence-electron chi connectivity index (χ2n) is 4.19. The maximum absolute atomic E-state index is 12.1. The van der Waals surface area contributed by atoms with E-state index >= 15 is 0 Å². The molecule has 0 saturated heterocycles. The fraction of sp³-hybridized carbons (Fsp3) is 0.538. The van der Waals surface area contributed by atoms with Crippen LogP contribution in [0.4, 0.5) is 13.2 Å². The van der Waals surface area contributed by atoms with Gasteiger partial charge in [0.15, 0.2) is 0 Å². The van der Waals surface area contributed by atoms with E-state index in [0.29, 0.717) is 18.9 Å².